The first kappa shape index (κ1) is 19.0. The van der Waals surface area contributed by atoms with Gasteiger partial charge in [-0.3, -0.25) is 4.79 Å². The van der Waals surface area contributed by atoms with Crippen LogP contribution in [0.2, 0.25) is 0 Å². The summed E-state index contributed by atoms with van der Waals surface area (Å²) in [4.78, 5) is 23.9. The van der Waals surface area contributed by atoms with Crippen LogP contribution in [-0.4, -0.2) is 19.0 Å². The number of hydrogen-bond donors (Lipinski definition) is 2. The van der Waals surface area contributed by atoms with Crippen LogP contribution in [0.3, 0.4) is 0 Å². The molecule has 0 aliphatic carbocycles. The Kier molecular flexibility index (Phi) is 6.00. The molecular weight excluding hydrogens is 349 g/mol. The lowest BCUT2D eigenvalue weighted by molar-refractivity contribution is -0.138. The van der Waals surface area contributed by atoms with Gasteiger partial charge in [0.05, 0.1) is 12.7 Å². The minimum atomic E-state index is -4.49. The number of carbonyl (C=O) groups is 2. The van der Waals surface area contributed by atoms with Crippen LogP contribution in [0.25, 0.3) is 0 Å². The Morgan fingerprint density at radius 1 is 1.04 bits per heavy atom. The molecule has 0 heterocycles. The van der Waals surface area contributed by atoms with Crippen LogP contribution in [0.15, 0.2) is 66.5 Å². The van der Waals surface area contributed by atoms with E-state index in [4.69, 9.17) is 0 Å². The van der Waals surface area contributed by atoms with Gasteiger partial charge < -0.3 is 15.4 Å². The molecule has 0 aliphatic rings. The largest absolute Gasteiger partial charge is 0.464 e. The Balaban J connectivity index is 2.19. The van der Waals surface area contributed by atoms with Crippen molar-refractivity contribution in [1.82, 2.24) is 5.32 Å². The fourth-order valence-corrected chi connectivity index (χ4v) is 1.98. The van der Waals surface area contributed by atoms with E-state index in [1.165, 1.54) is 12.1 Å². The fourth-order valence-electron chi connectivity index (χ4n) is 1.98. The van der Waals surface area contributed by atoms with Gasteiger partial charge in [-0.1, -0.05) is 24.3 Å². The zero-order valence-electron chi connectivity index (χ0n) is 13.6. The number of anilines is 1. The molecule has 2 aromatic carbocycles. The van der Waals surface area contributed by atoms with Crippen molar-refractivity contribution in [3.63, 3.8) is 0 Å². The molecule has 2 rings (SSSR count). The van der Waals surface area contributed by atoms with Gasteiger partial charge in [-0.15, -0.1) is 0 Å². The second kappa shape index (κ2) is 8.19. The monoisotopic (exact) mass is 364 g/mol. The Labute approximate surface area is 147 Å². The average Bonchev–Trinajstić information content (AvgIpc) is 2.64. The van der Waals surface area contributed by atoms with Crippen LogP contribution in [-0.2, 0) is 15.7 Å². The lowest BCUT2D eigenvalue weighted by atomic mass is 10.2. The Morgan fingerprint density at radius 2 is 1.73 bits per heavy atom. The Hall–Kier alpha value is -3.29. The molecule has 0 aliphatic heterocycles. The highest BCUT2D eigenvalue weighted by Crippen LogP contribution is 2.30. The summed E-state index contributed by atoms with van der Waals surface area (Å²) in [6.07, 6.45) is -3.42. The van der Waals surface area contributed by atoms with E-state index in [2.05, 4.69) is 15.4 Å². The van der Waals surface area contributed by atoms with Gasteiger partial charge in [-0.2, -0.15) is 13.2 Å². The predicted octanol–water partition coefficient (Wildman–Crippen LogP) is 3.56. The third kappa shape index (κ3) is 5.10. The molecule has 0 unspecified atom stereocenters. The highest BCUT2D eigenvalue weighted by atomic mass is 19.4. The van der Waals surface area contributed by atoms with Crippen molar-refractivity contribution in [3.05, 3.63) is 77.6 Å². The molecule has 0 saturated carbocycles. The number of ether oxygens (including phenoxy) is 1. The highest BCUT2D eigenvalue weighted by Gasteiger charge is 2.30. The first-order chi connectivity index (χ1) is 12.3. The summed E-state index contributed by atoms with van der Waals surface area (Å²) < 4.78 is 42.8. The molecule has 26 heavy (non-hydrogen) atoms. The van der Waals surface area contributed by atoms with Crippen molar-refractivity contribution in [2.45, 2.75) is 6.18 Å². The van der Waals surface area contributed by atoms with Crippen molar-refractivity contribution in [2.24, 2.45) is 0 Å². The summed E-state index contributed by atoms with van der Waals surface area (Å²) in [5.41, 5.74) is -0.695. The second-order valence-corrected chi connectivity index (χ2v) is 5.09. The normalized spacial score (nSPS) is 11.6. The van der Waals surface area contributed by atoms with Gasteiger partial charge in [0.15, 0.2) is 0 Å². The van der Waals surface area contributed by atoms with Gasteiger partial charge in [0.25, 0.3) is 5.91 Å². The number of rotatable bonds is 5. The summed E-state index contributed by atoms with van der Waals surface area (Å²) in [6, 6.07) is 12.5. The zero-order valence-corrected chi connectivity index (χ0v) is 13.6. The van der Waals surface area contributed by atoms with Crippen molar-refractivity contribution < 1.29 is 27.5 Å². The van der Waals surface area contributed by atoms with Crippen molar-refractivity contribution in [1.29, 1.82) is 0 Å². The van der Waals surface area contributed by atoms with E-state index in [0.717, 1.165) is 25.4 Å². The highest BCUT2D eigenvalue weighted by molar-refractivity contribution is 6.01. The van der Waals surface area contributed by atoms with Gasteiger partial charge in [0.1, 0.15) is 5.70 Å². The van der Waals surface area contributed by atoms with Gasteiger partial charge in [0.2, 0.25) is 0 Å². The Bertz CT molecular complexity index is 818. The average molecular weight is 364 g/mol. The molecule has 5 nitrogen and oxygen atoms in total. The second-order valence-electron chi connectivity index (χ2n) is 5.09. The first-order valence-electron chi connectivity index (χ1n) is 7.40. The molecule has 0 bridgehead atoms. The smallest absolute Gasteiger partial charge is 0.416 e. The molecule has 0 spiro atoms. The van der Waals surface area contributed by atoms with E-state index in [0.29, 0.717) is 5.56 Å². The lowest BCUT2D eigenvalue weighted by Crippen LogP contribution is -2.28. The maximum atomic E-state index is 12.7. The van der Waals surface area contributed by atoms with Gasteiger partial charge in [-0.05, 0) is 30.3 Å². The fraction of sp³-hybridized carbons (Fsp3) is 0.111. The number of hydrogen-bond acceptors (Lipinski definition) is 4. The van der Waals surface area contributed by atoms with E-state index in [1.54, 1.807) is 30.3 Å². The predicted molar refractivity (Wildman–Crippen MR) is 89.1 cm³/mol. The topological polar surface area (TPSA) is 67.4 Å². The van der Waals surface area contributed by atoms with Crippen LogP contribution in [0, 0.1) is 0 Å². The van der Waals surface area contributed by atoms with E-state index >= 15 is 0 Å². The zero-order chi connectivity index (χ0) is 19.2. The van der Waals surface area contributed by atoms with E-state index < -0.39 is 23.6 Å². The van der Waals surface area contributed by atoms with E-state index in [1.807, 2.05) is 0 Å². The summed E-state index contributed by atoms with van der Waals surface area (Å²) in [7, 11) is 1.12. The quantitative estimate of drug-likeness (QED) is 0.629. The number of benzene rings is 2. The minimum Gasteiger partial charge on any atom is -0.464 e. The number of esters is 1. The van der Waals surface area contributed by atoms with E-state index in [9.17, 15) is 22.8 Å². The lowest BCUT2D eigenvalue weighted by Gasteiger charge is -2.11. The van der Waals surface area contributed by atoms with Crippen LogP contribution < -0.4 is 10.6 Å². The van der Waals surface area contributed by atoms with Gasteiger partial charge in [0, 0.05) is 17.5 Å². The molecule has 136 valence electrons. The summed E-state index contributed by atoms with van der Waals surface area (Å²) in [5.74, 6) is -1.41. The molecule has 8 heteroatoms. The molecule has 0 atom stereocenters. The van der Waals surface area contributed by atoms with Crippen molar-refractivity contribution >= 4 is 17.6 Å². The number of alkyl halides is 3. The molecule has 0 radical (unpaired) electrons. The number of carbonyl (C=O) groups excluding carboxylic acids is 2. The number of amides is 1. The van der Waals surface area contributed by atoms with Crippen LogP contribution in [0.4, 0.5) is 18.9 Å². The number of methoxy groups -OCH3 is 1. The SMILES string of the molecule is COC(=O)C(=CNc1cccc(C(F)(F)F)c1)NC(=O)c1ccccc1. The Morgan fingerprint density at radius 3 is 2.35 bits per heavy atom. The summed E-state index contributed by atoms with van der Waals surface area (Å²) >= 11 is 0. The molecular formula is C18H15F3N2O3. The van der Waals surface area contributed by atoms with Crippen molar-refractivity contribution in [2.75, 3.05) is 12.4 Å². The van der Waals surface area contributed by atoms with Crippen LogP contribution in [0.5, 0.6) is 0 Å². The van der Waals surface area contributed by atoms with Crippen molar-refractivity contribution in [3.8, 4) is 0 Å². The number of halogens is 3. The van der Waals surface area contributed by atoms with Gasteiger partial charge >= 0.3 is 12.1 Å². The molecule has 2 aromatic rings. The third-order valence-electron chi connectivity index (χ3n) is 3.26. The molecule has 0 aromatic heterocycles. The first-order valence-corrected chi connectivity index (χ1v) is 7.40. The maximum absolute atomic E-state index is 12.7. The number of nitrogens with one attached hydrogen (secondary N) is 2. The molecule has 1 amide bonds. The summed E-state index contributed by atoms with van der Waals surface area (Å²) in [5, 5.41) is 4.91. The van der Waals surface area contributed by atoms with Crippen LogP contribution >= 0.6 is 0 Å². The standard InChI is InChI=1S/C18H15F3N2O3/c1-26-17(25)15(23-16(24)12-6-3-2-4-7-12)11-22-14-9-5-8-13(10-14)18(19,20)21/h2-11,22H,1H3,(H,23,24). The van der Waals surface area contributed by atoms with E-state index in [-0.39, 0.29) is 11.4 Å². The molecule has 0 saturated heterocycles. The molecule has 0 fully saturated rings. The minimum absolute atomic E-state index is 0.0928. The third-order valence-corrected chi connectivity index (χ3v) is 3.26. The summed E-state index contributed by atoms with van der Waals surface area (Å²) in [6.45, 7) is 0. The van der Waals surface area contributed by atoms with Gasteiger partial charge in [-0.25, -0.2) is 4.79 Å². The maximum Gasteiger partial charge on any atom is 0.416 e. The van der Waals surface area contributed by atoms with Crippen LogP contribution in [0.1, 0.15) is 15.9 Å². The molecule has 2 N–H and O–H groups in total.